The monoisotopic (exact) mass is 460 g/mol. The van der Waals surface area contributed by atoms with E-state index in [4.69, 9.17) is 14.6 Å². The molecule has 1 amide bonds. The van der Waals surface area contributed by atoms with Crippen molar-refractivity contribution < 1.29 is 37.4 Å². The predicted molar refractivity (Wildman–Crippen MR) is 115 cm³/mol. The number of benzene rings is 2. The number of hydrogen-bond donors (Lipinski definition) is 2. The molecule has 11 heteroatoms. The highest BCUT2D eigenvalue weighted by Gasteiger charge is 2.29. The largest absolute Gasteiger partial charge is 0.482 e. The molecule has 0 bridgehead atoms. The normalized spacial score (nSPS) is 13.4. The van der Waals surface area contributed by atoms with E-state index < -0.39 is 34.4 Å². The third-order valence-electron chi connectivity index (χ3n) is 4.34. The molecule has 0 aromatic heterocycles. The molecule has 0 saturated heterocycles. The molecule has 0 radical (unpaired) electrons. The zero-order chi connectivity index (χ0) is 23.3. The van der Waals surface area contributed by atoms with E-state index in [1.807, 2.05) is 0 Å². The van der Waals surface area contributed by atoms with E-state index >= 15 is 0 Å². The maximum absolute atomic E-state index is 12.8. The van der Waals surface area contributed by atoms with Crippen LogP contribution >= 0.6 is 0 Å². The Bertz CT molecular complexity index is 1170. The molecule has 0 fully saturated rings. The third kappa shape index (κ3) is 5.43. The first-order valence-corrected chi connectivity index (χ1v) is 10.9. The van der Waals surface area contributed by atoms with E-state index in [1.165, 1.54) is 42.5 Å². The fourth-order valence-corrected chi connectivity index (χ4v) is 3.97. The number of carboxylic acid groups (broad SMARTS) is 1. The van der Waals surface area contributed by atoms with E-state index in [2.05, 4.69) is 4.72 Å². The fraction of sp³-hybridized carbons (Fsp3) is 0.190. The smallest absolute Gasteiger partial charge is 0.330 e. The van der Waals surface area contributed by atoms with Crippen LogP contribution in [0, 0.1) is 0 Å². The molecule has 32 heavy (non-hydrogen) atoms. The molecule has 0 atom stereocenters. The van der Waals surface area contributed by atoms with Crippen LogP contribution < -0.4 is 14.4 Å². The maximum atomic E-state index is 12.8. The number of anilines is 2. The molecule has 1 aliphatic rings. The van der Waals surface area contributed by atoms with Crippen molar-refractivity contribution in [2.24, 2.45) is 0 Å². The molecule has 2 aromatic carbocycles. The number of nitrogens with one attached hydrogen (secondary N) is 1. The van der Waals surface area contributed by atoms with Crippen molar-refractivity contribution in [2.75, 3.05) is 29.4 Å². The molecule has 1 heterocycles. The van der Waals surface area contributed by atoms with E-state index in [-0.39, 0.29) is 35.2 Å². The SMILES string of the molecule is CCOC(=O)/C=C/c1ccc(NS(=O)(=O)c2ccc3c(c2)N(CC(=O)O)C(=O)CO3)cc1. The topological polar surface area (TPSA) is 139 Å². The van der Waals surface area contributed by atoms with Crippen molar-refractivity contribution in [3.63, 3.8) is 0 Å². The molecule has 0 saturated carbocycles. The average molecular weight is 460 g/mol. The number of hydrogen-bond acceptors (Lipinski definition) is 7. The number of aliphatic carboxylic acids is 1. The minimum Gasteiger partial charge on any atom is -0.482 e. The Balaban J connectivity index is 1.80. The van der Waals surface area contributed by atoms with Crippen LogP contribution in [0.3, 0.4) is 0 Å². The first kappa shape index (κ1) is 22.8. The Morgan fingerprint density at radius 2 is 1.94 bits per heavy atom. The van der Waals surface area contributed by atoms with E-state index in [0.29, 0.717) is 5.56 Å². The first-order valence-electron chi connectivity index (χ1n) is 9.46. The number of amides is 1. The average Bonchev–Trinajstić information content (AvgIpc) is 2.75. The van der Waals surface area contributed by atoms with E-state index in [1.54, 1.807) is 19.1 Å². The van der Waals surface area contributed by atoms with Gasteiger partial charge in [0, 0.05) is 11.8 Å². The van der Waals surface area contributed by atoms with Crippen molar-refractivity contribution in [2.45, 2.75) is 11.8 Å². The number of fused-ring (bicyclic) bond motifs is 1. The zero-order valence-corrected chi connectivity index (χ0v) is 17.8. The lowest BCUT2D eigenvalue weighted by Crippen LogP contribution is -2.42. The molecule has 0 aliphatic carbocycles. The van der Waals surface area contributed by atoms with Gasteiger partial charge < -0.3 is 14.6 Å². The molecule has 1 aliphatic heterocycles. The van der Waals surface area contributed by atoms with Gasteiger partial charge in [-0.3, -0.25) is 19.2 Å². The summed E-state index contributed by atoms with van der Waals surface area (Å²) in [7, 11) is -4.05. The number of carbonyl (C=O) groups excluding carboxylic acids is 2. The molecule has 3 rings (SSSR count). The summed E-state index contributed by atoms with van der Waals surface area (Å²) in [5, 5.41) is 9.06. The van der Waals surface area contributed by atoms with Crippen LogP contribution in [-0.4, -0.2) is 51.1 Å². The fourth-order valence-electron chi connectivity index (χ4n) is 2.89. The summed E-state index contributed by atoms with van der Waals surface area (Å²) in [6, 6.07) is 10.1. The Hall–Kier alpha value is -3.86. The summed E-state index contributed by atoms with van der Waals surface area (Å²) < 4.78 is 38.1. The van der Waals surface area contributed by atoms with Crippen LogP contribution in [0.1, 0.15) is 12.5 Å². The van der Waals surface area contributed by atoms with Gasteiger partial charge in [0.25, 0.3) is 15.9 Å². The molecule has 0 unspecified atom stereocenters. The lowest BCUT2D eigenvalue weighted by Gasteiger charge is -2.28. The molecule has 168 valence electrons. The second kappa shape index (κ2) is 9.52. The maximum Gasteiger partial charge on any atom is 0.330 e. The molecule has 2 N–H and O–H groups in total. The van der Waals surface area contributed by atoms with Gasteiger partial charge in [-0.15, -0.1) is 0 Å². The molecule has 10 nitrogen and oxygen atoms in total. The highest BCUT2D eigenvalue weighted by molar-refractivity contribution is 7.92. The predicted octanol–water partition coefficient (Wildman–Crippen LogP) is 1.87. The van der Waals surface area contributed by atoms with Gasteiger partial charge in [0.05, 0.1) is 17.2 Å². The summed E-state index contributed by atoms with van der Waals surface area (Å²) in [6.45, 7) is 1.01. The Kier molecular flexibility index (Phi) is 6.79. The first-order chi connectivity index (χ1) is 15.2. The summed E-state index contributed by atoms with van der Waals surface area (Å²) in [6.07, 6.45) is 2.80. The lowest BCUT2D eigenvalue weighted by molar-refractivity contribution is -0.137. The second-order valence-electron chi connectivity index (χ2n) is 6.60. The zero-order valence-electron chi connectivity index (χ0n) is 17.0. The van der Waals surface area contributed by atoms with Crippen molar-refractivity contribution >= 4 is 45.3 Å². The highest BCUT2D eigenvalue weighted by Crippen LogP contribution is 2.34. The van der Waals surface area contributed by atoms with Crippen molar-refractivity contribution in [3.05, 3.63) is 54.1 Å². The third-order valence-corrected chi connectivity index (χ3v) is 5.72. The summed E-state index contributed by atoms with van der Waals surface area (Å²) in [5.41, 5.74) is 0.992. The van der Waals surface area contributed by atoms with Crippen LogP contribution in [0.5, 0.6) is 5.75 Å². The molecule has 2 aromatic rings. The van der Waals surface area contributed by atoms with Crippen molar-refractivity contribution in [3.8, 4) is 5.75 Å². The summed E-state index contributed by atoms with van der Waals surface area (Å²) in [5.74, 6) is -2.10. The Labute approximate surface area is 184 Å². The number of rotatable bonds is 8. The Morgan fingerprint density at radius 1 is 1.22 bits per heavy atom. The van der Waals surface area contributed by atoms with Crippen LogP contribution in [0.25, 0.3) is 6.08 Å². The van der Waals surface area contributed by atoms with Gasteiger partial charge in [-0.05, 0) is 48.9 Å². The number of esters is 1. The number of sulfonamides is 1. The second-order valence-corrected chi connectivity index (χ2v) is 8.29. The van der Waals surface area contributed by atoms with Gasteiger partial charge in [0.15, 0.2) is 6.61 Å². The van der Waals surface area contributed by atoms with Crippen LogP contribution in [0.2, 0.25) is 0 Å². The number of ether oxygens (including phenoxy) is 2. The standard InChI is InChI=1S/C21H20N2O8S/c1-2-30-21(27)10-5-14-3-6-15(7-4-14)22-32(28,29)16-8-9-18-17(11-16)23(12-20(25)26)19(24)13-31-18/h3-11,22H,2,12-13H2,1H3,(H,25,26)/b10-5+. The minimum absolute atomic E-state index is 0.0611. The van der Waals surface area contributed by atoms with Crippen molar-refractivity contribution in [1.29, 1.82) is 0 Å². The molecule has 0 spiro atoms. The van der Waals surface area contributed by atoms with E-state index in [0.717, 1.165) is 4.90 Å². The van der Waals surface area contributed by atoms with Gasteiger partial charge >= 0.3 is 11.9 Å². The number of carbonyl (C=O) groups is 3. The van der Waals surface area contributed by atoms with Crippen LogP contribution in [-0.2, 0) is 29.1 Å². The van der Waals surface area contributed by atoms with Gasteiger partial charge in [0.1, 0.15) is 12.3 Å². The van der Waals surface area contributed by atoms with Crippen LogP contribution in [0.15, 0.2) is 53.4 Å². The summed E-state index contributed by atoms with van der Waals surface area (Å²) in [4.78, 5) is 35.3. The van der Waals surface area contributed by atoms with E-state index in [9.17, 15) is 22.8 Å². The number of nitrogens with zero attached hydrogens (tertiary/aromatic N) is 1. The number of carboxylic acids is 1. The van der Waals surface area contributed by atoms with Crippen LogP contribution in [0.4, 0.5) is 11.4 Å². The molecular formula is C21H20N2O8S. The minimum atomic E-state index is -4.05. The molecular weight excluding hydrogens is 440 g/mol. The van der Waals surface area contributed by atoms with Gasteiger partial charge in [-0.2, -0.15) is 0 Å². The van der Waals surface area contributed by atoms with Gasteiger partial charge in [0.2, 0.25) is 0 Å². The highest BCUT2D eigenvalue weighted by atomic mass is 32.2. The van der Waals surface area contributed by atoms with Gasteiger partial charge in [-0.1, -0.05) is 12.1 Å². The quantitative estimate of drug-likeness (QED) is 0.450. The van der Waals surface area contributed by atoms with Gasteiger partial charge in [-0.25, -0.2) is 13.2 Å². The Morgan fingerprint density at radius 3 is 2.59 bits per heavy atom. The summed E-state index contributed by atoms with van der Waals surface area (Å²) >= 11 is 0. The van der Waals surface area contributed by atoms with Crippen molar-refractivity contribution in [1.82, 2.24) is 0 Å². The lowest BCUT2D eigenvalue weighted by atomic mass is 10.2.